The first kappa shape index (κ1) is 20.5. The zero-order chi connectivity index (χ0) is 21.5. The van der Waals surface area contributed by atoms with Crippen LogP contribution in [0.25, 0.3) is 10.2 Å². The average Bonchev–Trinajstić information content (AvgIpc) is 3.23. The Kier molecular flexibility index (Phi) is 5.45. The molecule has 2 aliphatic rings. The largest absolute Gasteiger partial charge is 0.336 e. The van der Waals surface area contributed by atoms with Crippen molar-refractivity contribution in [3.8, 4) is 0 Å². The molecule has 2 aliphatic heterocycles. The van der Waals surface area contributed by atoms with Gasteiger partial charge in [-0.2, -0.15) is 0 Å². The van der Waals surface area contributed by atoms with Crippen molar-refractivity contribution in [3.63, 3.8) is 0 Å². The SMILES string of the molecule is C[C@H]1Sc2ccc(C(=O)N3CCN([C@@H](C)c4nc5ccccc5s4)CC3)cc2NC1=O. The number of para-hydroxylation sites is 1. The lowest BCUT2D eigenvalue weighted by Gasteiger charge is -2.37. The molecule has 0 saturated carbocycles. The number of rotatable bonds is 3. The van der Waals surface area contributed by atoms with Gasteiger partial charge in [-0.3, -0.25) is 14.5 Å². The third-order valence-electron chi connectivity index (χ3n) is 5.97. The second-order valence-corrected chi connectivity index (χ2v) is 10.4. The van der Waals surface area contributed by atoms with Gasteiger partial charge in [0.2, 0.25) is 5.91 Å². The van der Waals surface area contributed by atoms with E-state index >= 15 is 0 Å². The first-order valence-corrected chi connectivity index (χ1v) is 12.2. The number of nitrogens with one attached hydrogen (secondary N) is 1. The summed E-state index contributed by atoms with van der Waals surface area (Å²) in [5, 5.41) is 3.93. The number of fused-ring (bicyclic) bond motifs is 2. The number of anilines is 1. The van der Waals surface area contributed by atoms with Gasteiger partial charge in [0.1, 0.15) is 5.01 Å². The maximum Gasteiger partial charge on any atom is 0.254 e. The molecule has 2 atom stereocenters. The van der Waals surface area contributed by atoms with Crippen LogP contribution in [0.2, 0.25) is 0 Å². The fourth-order valence-electron chi connectivity index (χ4n) is 4.06. The molecule has 0 spiro atoms. The summed E-state index contributed by atoms with van der Waals surface area (Å²) >= 11 is 3.28. The molecule has 1 aromatic heterocycles. The first-order valence-electron chi connectivity index (χ1n) is 10.5. The van der Waals surface area contributed by atoms with Crippen LogP contribution in [-0.2, 0) is 4.79 Å². The standard InChI is InChI=1S/C23H24N4O2S2/c1-14(22-25-17-5-3-4-6-19(17)31-22)26-9-11-27(12-10-26)23(29)16-7-8-20-18(13-16)24-21(28)15(2)30-20/h3-8,13-15H,9-12H2,1-2H3,(H,24,28)/t14-,15+/m0/s1. The van der Waals surface area contributed by atoms with Crippen molar-refractivity contribution < 1.29 is 9.59 Å². The lowest BCUT2D eigenvalue weighted by atomic mass is 10.1. The predicted molar refractivity (Wildman–Crippen MR) is 126 cm³/mol. The quantitative estimate of drug-likeness (QED) is 0.644. The second kappa shape index (κ2) is 8.26. The summed E-state index contributed by atoms with van der Waals surface area (Å²) in [4.78, 5) is 35.2. The highest BCUT2D eigenvalue weighted by molar-refractivity contribution is 8.00. The monoisotopic (exact) mass is 452 g/mol. The number of amides is 2. The third kappa shape index (κ3) is 3.95. The molecule has 1 N–H and O–H groups in total. The number of aromatic nitrogens is 1. The van der Waals surface area contributed by atoms with Gasteiger partial charge in [0.15, 0.2) is 0 Å². The number of benzene rings is 2. The summed E-state index contributed by atoms with van der Waals surface area (Å²) in [6.07, 6.45) is 0. The molecular formula is C23H24N4O2S2. The number of nitrogens with zero attached hydrogens (tertiary/aromatic N) is 3. The van der Waals surface area contributed by atoms with Gasteiger partial charge >= 0.3 is 0 Å². The molecule has 1 fully saturated rings. The van der Waals surface area contributed by atoms with E-state index in [1.54, 1.807) is 11.3 Å². The molecule has 3 aromatic rings. The van der Waals surface area contributed by atoms with E-state index in [-0.39, 0.29) is 23.1 Å². The minimum Gasteiger partial charge on any atom is -0.336 e. The molecule has 1 saturated heterocycles. The van der Waals surface area contributed by atoms with Crippen molar-refractivity contribution in [2.24, 2.45) is 0 Å². The van der Waals surface area contributed by atoms with Gasteiger partial charge in [-0.1, -0.05) is 12.1 Å². The van der Waals surface area contributed by atoms with E-state index in [2.05, 4.69) is 29.3 Å². The van der Waals surface area contributed by atoms with Crippen molar-refractivity contribution in [1.82, 2.24) is 14.8 Å². The van der Waals surface area contributed by atoms with E-state index in [4.69, 9.17) is 4.98 Å². The summed E-state index contributed by atoms with van der Waals surface area (Å²) in [5.41, 5.74) is 2.42. The highest BCUT2D eigenvalue weighted by Gasteiger charge is 2.28. The molecule has 0 aliphatic carbocycles. The van der Waals surface area contributed by atoms with Crippen LogP contribution >= 0.6 is 23.1 Å². The lowest BCUT2D eigenvalue weighted by molar-refractivity contribution is -0.115. The minimum absolute atomic E-state index is 0.0143. The van der Waals surface area contributed by atoms with Crippen LogP contribution in [0.3, 0.4) is 0 Å². The summed E-state index contributed by atoms with van der Waals surface area (Å²) < 4.78 is 1.21. The van der Waals surface area contributed by atoms with Crippen molar-refractivity contribution in [2.45, 2.75) is 30.0 Å². The first-order chi connectivity index (χ1) is 15.0. The number of thiazole rings is 1. The number of carbonyl (C=O) groups is 2. The zero-order valence-electron chi connectivity index (χ0n) is 17.5. The molecular weight excluding hydrogens is 428 g/mol. The Bertz CT molecular complexity index is 1120. The summed E-state index contributed by atoms with van der Waals surface area (Å²) in [5.74, 6) is 0.00695. The molecule has 2 aromatic carbocycles. The van der Waals surface area contributed by atoms with Crippen LogP contribution < -0.4 is 5.32 Å². The molecule has 0 bridgehead atoms. The molecule has 160 valence electrons. The number of hydrogen-bond acceptors (Lipinski definition) is 6. The topological polar surface area (TPSA) is 65.5 Å². The Hall–Kier alpha value is -2.42. The molecule has 3 heterocycles. The summed E-state index contributed by atoms with van der Waals surface area (Å²) in [6.45, 7) is 7.08. The minimum atomic E-state index is -0.112. The van der Waals surface area contributed by atoms with E-state index in [1.165, 1.54) is 16.5 Å². The van der Waals surface area contributed by atoms with Crippen LogP contribution in [0.5, 0.6) is 0 Å². The van der Waals surface area contributed by atoms with Gasteiger partial charge in [-0.05, 0) is 44.2 Å². The fourth-order valence-corrected chi connectivity index (χ4v) is 6.05. The zero-order valence-corrected chi connectivity index (χ0v) is 19.1. The van der Waals surface area contributed by atoms with E-state index in [1.807, 2.05) is 42.2 Å². The number of hydrogen-bond donors (Lipinski definition) is 1. The Labute approximate surface area is 189 Å². The van der Waals surface area contributed by atoms with Crippen molar-refractivity contribution >= 4 is 50.8 Å². The lowest BCUT2D eigenvalue weighted by Crippen LogP contribution is -2.49. The maximum atomic E-state index is 13.1. The van der Waals surface area contributed by atoms with Crippen molar-refractivity contribution in [3.05, 3.63) is 53.0 Å². The Morgan fingerprint density at radius 3 is 2.71 bits per heavy atom. The van der Waals surface area contributed by atoms with Crippen LogP contribution in [0.15, 0.2) is 47.4 Å². The summed E-state index contributed by atoms with van der Waals surface area (Å²) in [6, 6.07) is 14.1. The van der Waals surface area contributed by atoms with Gasteiger partial charge in [0, 0.05) is 36.6 Å². The normalized spacial score (nSPS) is 20.4. The Morgan fingerprint density at radius 2 is 1.94 bits per heavy atom. The fraction of sp³-hybridized carbons (Fsp3) is 0.348. The maximum absolute atomic E-state index is 13.1. The van der Waals surface area contributed by atoms with Crippen LogP contribution in [0.4, 0.5) is 5.69 Å². The average molecular weight is 453 g/mol. The van der Waals surface area contributed by atoms with E-state index in [9.17, 15) is 9.59 Å². The number of thioether (sulfide) groups is 1. The second-order valence-electron chi connectivity index (χ2n) is 7.98. The third-order valence-corrected chi connectivity index (χ3v) is 8.36. The molecule has 6 nitrogen and oxygen atoms in total. The number of piperazine rings is 1. The van der Waals surface area contributed by atoms with Crippen LogP contribution in [0, 0.1) is 0 Å². The van der Waals surface area contributed by atoms with Crippen LogP contribution in [-0.4, -0.2) is 58.0 Å². The van der Waals surface area contributed by atoms with Crippen molar-refractivity contribution in [2.75, 3.05) is 31.5 Å². The molecule has 8 heteroatoms. The molecule has 31 heavy (non-hydrogen) atoms. The van der Waals surface area contributed by atoms with Gasteiger partial charge in [0.05, 0.1) is 27.2 Å². The van der Waals surface area contributed by atoms with Gasteiger partial charge in [-0.15, -0.1) is 23.1 Å². The van der Waals surface area contributed by atoms with E-state index in [0.717, 1.165) is 34.2 Å². The number of carbonyl (C=O) groups excluding carboxylic acids is 2. The van der Waals surface area contributed by atoms with Gasteiger partial charge in [0.25, 0.3) is 5.91 Å². The molecule has 0 unspecified atom stereocenters. The predicted octanol–water partition coefficient (Wildman–Crippen LogP) is 4.25. The molecule has 5 rings (SSSR count). The van der Waals surface area contributed by atoms with Crippen molar-refractivity contribution in [1.29, 1.82) is 0 Å². The highest BCUT2D eigenvalue weighted by atomic mass is 32.2. The summed E-state index contributed by atoms with van der Waals surface area (Å²) in [7, 11) is 0. The van der Waals surface area contributed by atoms with Gasteiger partial charge in [-0.25, -0.2) is 4.98 Å². The molecule has 2 amide bonds. The smallest absolute Gasteiger partial charge is 0.254 e. The Morgan fingerprint density at radius 1 is 1.16 bits per heavy atom. The van der Waals surface area contributed by atoms with E-state index < -0.39 is 0 Å². The Balaban J connectivity index is 1.24. The van der Waals surface area contributed by atoms with E-state index in [0.29, 0.717) is 18.7 Å². The molecule has 0 radical (unpaired) electrons. The van der Waals surface area contributed by atoms with Crippen LogP contribution in [0.1, 0.15) is 35.3 Å². The van der Waals surface area contributed by atoms with Gasteiger partial charge < -0.3 is 10.2 Å². The highest BCUT2D eigenvalue weighted by Crippen LogP contribution is 2.36.